The Balaban J connectivity index is 1.81. The Morgan fingerprint density at radius 3 is 0.938 bits per heavy atom. The van der Waals surface area contributed by atoms with Gasteiger partial charge in [0.1, 0.15) is 16.8 Å². The molecule has 4 rings (SSSR count). The molecule has 3 aliphatic rings. The van der Waals surface area contributed by atoms with E-state index < -0.39 is 33.9 Å². The predicted octanol–water partition coefficient (Wildman–Crippen LogP) is 5.42. The molecule has 0 amide bonds. The van der Waals surface area contributed by atoms with Crippen molar-refractivity contribution < 1.29 is 14.2 Å². The summed E-state index contributed by atoms with van der Waals surface area (Å²) in [5, 5.41) is 28.1. The van der Waals surface area contributed by atoms with Gasteiger partial charge in [0.05, 0.1) is 0 Å². The van der Waals surface area contributed by atoms with Gasteiger partial charge in [-0.2, -0.15) is 15.8 Å². The largest absolute Gasteiger partial charge is 0.421 e. The molecule has 3 saturated carbocycles. The molecule has 6 unspecified atom stereocenters. The van der Waals surface area contributed by atoms with Crippen LogP contribution in [0.25, 0.3) is 0 Å². The quantitative estimate of drug-likeness (QED) is 0.313. The van der Waals surface area contributed by atoms with Crippen molar-refractivity contribution in [3.63, 3.8) is 0 Å². The van der Waals surface area contributed by atoms with Gasteiger partial charge in [0.2, 0.25) is 0 Å². The maximum atomic E-state index is 14.3. The molecule has 0 spiro atoms. The van der Waals surface area contributed by atoms with E-state index in [2.05, 4.69) is 41.5 Å². The first-order valence-corrected chi connectivity index (χ1v) is 17.2. The minimum Gasteiger partial charge on any atom is -0.421 e. The molecule has 264 valence electrons. The number of ether oxygens (including phenoxy) is 3. The van der Waals surface area contributed by atoms with E-state index in [0.717, 1.165) is 0 Å². The van der Waals surface area contributed by atoms with Crippen molar-refractivity contribution in [2.45, 2.75) is 157 Å². The van der Waals surface area contributed by atoms with Crippen LogP contribution in [0.4, 0.5) is 0 Å². The first-order chi connectivity index (χ1) is 22.1. The Morgan fingerprint density at radius 1 is 0.500 bits per heavy atom. The number of rotatable bonds is 9. The van der Waals surface area contributed by atoms with Gasteiger partial charge in [0.25, 0.3) is 18.8 Å². The van der Waals surface area contributed by atoms with Gasteiger partial charge in [-0.15, -0.1) is 0 Å². The highest BCUT2D eigenvalue weighted by atomic mass is 16.5. The van der Waals surface area contributed by atoms with Crippen LogP contribution in [0.15, 0.2) is 14.4 Å². The molecule has 48 heavy (non-hydrogen) atoms. The molecule has 1 heterocycles. The second-order valence-corrected chi connectivity index (χ2v) is 18.5. The molecule has 12 heteroatoms. The lowest BCUT2D eigenvalue weighted by Gasteiger charge is -2.45. The highest BCUT2D eigenvalue weighted by Gasteiger charge is 2.46. The van der Waals surface area contributed by atoms with E-state index >= 15 is 0 Å². The summed E-state index contributed by atoms with van der Waals surface area (Å²) in [5.41, 5.74) is -4.79. The highest BCUT2D eigenvalue weighted by Crippen LogP contribution is 2.48. The first kappa shape index (κ1) is 37.1. The van der Waals surface area contributed by atoms with Crippen molar-refractivity contribution in [1.82, 2.24) is 13.7 Å². The molecule has 1 aromatic rings. The Labute approximate surface area is 284 Å². The average Bonchev–Trinajstić information content (AvgIpc) is 2.88. The van der Waals surface area contributed by atoms with Crippen LogP contribution in [0.5, 0.6) is 0 Å². The lowest BCUT2D eigenvalue weighted by atomic mass is 9.66. The molecular weight excluding hydrogens is 612 g/mol. The summed E-state index contributed by atoms with van der Waals surface area (Å²) >= 11 is 0. The van der Waals surface area contributed by atoms with Gasteiger partial charge in [0, 0.05) is 19.6 Å². The molecule has 3 fully saturated rings. The Morgan fingerprint density at radius 2 is 0.729 bits per heavy atom. The maximum absolute atomic E-state index is 14.3. The monoisotopic (exact) mass is 666 g/mol. The fourth-order valence-electron chi connectivity index (χ4n) is 10.7. The number of aromatic nitrogens is 3. The van der Waals surface area contributed by atoms with E-state index in [-0.39, 0.29) is 53.6 Å². The van der Waals surface area contributed by atoms with E-state index in [1.807, 2.05) is 39.5 Å². The standard InChI is InChI=1S/C36H54N6O6/c1-31(2)10-25(13-34(7,19-31)46-22-37)16-40-28(43)41(17-26-11-32(3,4)20-35(8,14-26)47-23-38)30(45)42(29(40)44)18-27-12-33(5,6)21-36(9,15-27)48-24-39/h25-27H,10-21H2,1-9H3. The van der Waals surface area contributed by atoms with Crippen molar-refractivity contribution in [2.75, 3.05) is 0 Å². The van der Waals surface area contributed by atoms with Gasteiger partial charge in [0.15, 0.2) is 0 Å². The molecule has 0 aromatic carbocycles. The summed E-state index contributed by atoms with van der Waals surface area (Å²) in [7, 11) is 0. The van der Waals surface area contributed by atoms with Gasteiger partial charge in [-0.25, -0.2) is 28.1 Å². The second-order valence-electron chi connectivity index (χ2n) is 18.5. The lowest BCUT2D eigenvalue weighted by Crippen LogP contribution is -2.57. The summed E-state index contributed by atoms with van der Waals surface area (Å²) in [6, 6.07) is 0. The van der Waals surface area contributed by atoms with E-state index in [1.54, 1.807) is 0 Å². The first-order valence-electron chi connectivity index (χ1n) is 17.2. The van der Waals surface area contributed by atoms with Gasteiger partial charge >= 0.3 is 17.1 Å². The van der Waals surface area contributed by atoms with Crippen LogP contribution in [0.3, 0.4) is 0 Å². The molecule has 0 saturated heterocycles. The van der Waals surface area contributed by atoms with Crippen molar-refractivity contribution in [3.05, 3.63) is 31.5 Å². The lowest BCUT2D eigenvalue weighted by molar-refractivity contribution is -0.0542. The SMILES string of the molecule is CC1(C)CC(Cn2c(=O)n(CC3CC(C)(C)CC(C)(OC#N)C3)c(=O)n(CC3CC(C)(C)CC(C)(OC#N)C3)c2=O)CC(C)(OC#N)C1. The zero-order chi connectivity index (χ0) is 35.9. The minimum absolute atomic E-state index is 0.0859. The molecule has 0 aliphatic heterocycles. The van der Waals surface area contributed by atoms with Crippen LogP contribution in [0.1, 0.15) is 120 Å². The molecule has 0 radical (unpaired) electrons. The van der Waals surface area contributed by atoms with Crippen molar-refractivity contribution in [2.24, 2.45) is 34.0 Å². The summed E-state index contributed by atoms with van der Waals surface area (Å²) in [6.45, 7) is 18.5. The molecule has 6 atom stereocenters. The smallest absolute Gasteiger partial charge is 0.336 e. The minimum atomic E-state index is -0.740. The Kier molecular flexibility index (Phi) is 10.0. The van der Waals surface area contributed by atoms with Crippen LogP contribution in [0.2, 0.25) is 0 Å². The summed E-state index contributed by atoms with van der Waals surface area (Å²) in [5.74, 6) is -0.462. The van der Waals surface area contributed by atoms with Crippen molar-refractivity contribution in [3.8, 4) is 18.8 Å². The Bertz CT molecular complexity index is 1460. The number of nitrogens with zero attached hydrogens (tertiary/aromatic N) is 6. The predicted molar refractivity (Wildman–Crippen MR) is 178 cm³/mol. The summed E-state index contributed by atoms with van der Waals surface area (Å²) < 4.78 is 20.2. The van der Waals surface area contributed by atoms with E-state index in [9.17, 15) is 30.2 Å². The average molecular weight is 667 g/mol. The normalized spacial score (nSPS) is 33.8. The van der Waals surface area contributed by atoms with E-state index in [1.165, 1.54) is 13.7 Å². The highest BCUT2D eigenvalue weighted by molar-refractivity contribution is 4.98. The van der Waals surface area contributed by atoms with Crippen molar-refractivity contribution in [1.29, 1.82) is 15.8 Å². The third-order valence-electron chi connectivity index (χ3n) is 10.8. The van der Waals surface area contributed by atoms with Gasteiger partial charge in [-0.1, -0.05) is 41.5 Å². The maximum Gasteiger partial charge on any atom is 0.336 e. The summed E-state index contributed by atoms with van der Waals surface area (Å²) in [4.78, 5) is 42.8. The van der Waals surface area contributed by atoms with Crippen molar-refractivity contribution >= 4 is 0 Å². The van der Waals surface area contributed by atoms with Crippen LogP contribution in [0, 0.1) is 68.6 Å². The van der Waals surface area contributed by atoms with Crippen LogP contribution in [-0.4, -0.2) is 30.5 Å². The molecule has 0 bridgehead atoms. The topological polar surface area (TPSA) is 165 Å². The fourth-order valence-corrected chi connectivity index (χ4v) is 10.7. The third kappa shape index (κ3) is 8.46. The second kappa shape index (κ2) is 13.0. The summed E-state index contributed by atoms with van der Waals surface area (Å²) in [6.07, 6.45) is 11.1. The van der Waals surface area contributed by atoms with Crippen LogP contribution in [-0.2, 0) is 33.8 Å². The van der Waals surface area contributed by atoms with Crippen LogP contribution >= 0.6 is 0 Å². The zero-order valence-corrected chi connectivity index (χ0v) is 30.4. The number of hydrogen-bond donors (Lipinski definition) is 0. The van der Waals surface area contributed by atoms with Gasteiger partial charge in [-0.3, -0.25) is 0 Å². The number of hydrogen-bond acceptors (Lipinski definition) is 9. The Hall–Kier alpha value is -3.72. The molecule has 12 nitrogen and oxygen atoms in total. The van der Waals surface area contributed by atoms with E-state index in [4.69, 9.17) is 14.2 Å². The van der Waals surface area contributed by atoms with Crippen LogP contribution < -0.4 is 17.1 Å². The molecule has 1 aromatic heterocycles. The molecule has 0 N–H and O–H groups in total. The zero-order valence-electron chi connectivity index (χ0n) is 30.4. The third-order valence-corrected chi connectivity index (χ3v) is 10.8. The molecular formula is C36H54N6O6. The van der Waals surface area contributed by atoms with Gasteiger partial charge < -0.3 is 14.2 Å². The van der Waals surface area contributed by atoms with Gasteiger partial charge in [-0.05, 0) is 113 Å². The molecule has 3 aliphatic carbocycles. The fraction of sp³-hybridized carbons (Fsp3) is 0.833. The van der Waals surface area contributed by atoms with E-state index in [0.29, 0.717) is 57.8 Å². The number of nitriles is 3.